The van der Waals surface area contributed by atoms with Crippen LogP contribution in [0.3, 0.4) is 0 Å². The minimum Gasteiger partial charge on any atom is -0.0956 e. The molecule has 0 aromatic rings. The summed E-state index contributed by atoms with van der Waals surface area (Å²) in [7, 11) is 0. The normalized spacial score (nSPS) is 10.4. The topological polar surface area (TPSA) is 0 Å². The predicted octanol–water partition coefficient (Wildman–Crippen LogP) is 6.04. The minimum atomic E-state index is 1.16. The first-order valence-electron chi connectivity index (χ1n) is 7.08. The lowest BCUT2D eigenvalue weighted by Crippen LogP contribution is -1.89. The molecule has 0 aliphatic heterocycles. The van der Waals surface area contributed by atoms with Crippen molar-refractivity contribution in [2.45, 2.75) is 78.1 Å². The van der Waals surface area contributed by atoms with Crippen LogP contribution in [0.5, 0.6) is 0 Å². The summed E-state index contributed by atoms with van der Waals surface area (Å²) in [6.45, 7) is 12.8. The Morgan fingerprint density at radius 1 is 0.625 bits per heavy atom. The van der Waals surface area contributed by atoms with Crippen LogP contribution in [0.4, 0.5) is 0 Å². The van der Waals surface area contributed by atoms with Crippen LogP contribution < -0.4 is 0 Å². The first-order chi connectivity index (χ1) is 7.72. The zero-order chi connectivity index (χ0) is 12.2. The van der Waals surface area contributed by atoms with Gasteiger partial charge in [-0.2, -0.15) is 0 Å². The van der Waals surface area contributed by atoms with E-state index in [2.05, 4.69) is 27.0 Å². The second-order valence-corrected chi connectivity index (χ2v) is 4.83. The van der Waals surface area contributed by atoms with Gasteiger partial charge in [0.15, 0.2) is 0 Å². The van der Waals surface area contributed by atoms with E-state index >= 15 is 0 Å². The molecule has 0 bridgehead atoms. The Morgan fingerprint density at radius 2 is 1.00 bits per heavy atom. The number of allylic oxidation sites excluding steroid dienone is 2. The zero-order valence-corrected chi connectivity index (χ0v) is 11.5. The lowest BCUT2D eigenvalue weighted by atomic mass is 9.97. The van der Waals surface area contributed by atoms with Gasteiger partial charge in [-0.1, -0.05) is 76.7 Å². The maximum atomic E-state index is 4.15. The fraction of sp³-hybridized carbons (Fsp3) is 0.750. The monoisotopic (exact) mass is 222 g/mol. The van der Waals surface area contributed by atoms with E-state index in [-0.39, 0.29) is 0 Å². The Balaban J connectivity index is 3.46. The van der Waals surface area contributed by atoms with Crippen LogP contribution in [0, 0.1) is 0 Å². The summed E-state index contributed by atoms with van der Waals surface area (Å²) in [6, 6.07) is 0. The average molecular weight is 222 g/mol. The predicted molar refractivity (Wildman–Crippen MR) is 75.8 cm³/mol. The van der Waals surface area contributed by atoms with Gasteiger partial charge in [-0.25, -0.2) is 0 Å². The van der Waals surface area contributed by atoms with E-state index in [0.717, 1.165) is 12.8 Å². The first-order valence-corrected chi connectivity index (χ1v) is 7.08. The Labute approximate surface area is 103 Å². The van der Waals surface area contributed by atoms with Gasteiger partial charge in [0.1, 0.15) is 0 Å². The molecule has 0 spiro atoms. The summed E-state index contributed by atoms with van der Waals surface area (Å²) in [5, 5.41) is 0. The molecule has 0 heterocycles. The molecule has 0 atom stereocenters. The summed E-state index contributed by atoms with van der Waals surface area (Å²) in [5.41, 5.74) is 2.60. The van der Waals surface area contributed by atoms with Gasteiger partial charge in [-0.05, 0) is 25.7 Å². The molecule has 0 aliphatic carbocycles. The molecule has 0 saturated heterocycles. The molecule has 94 valence electrons. The zero-order valence-electron chi connectivity index (χ0n) is 11.5. The van der Waals surface area contributed by atoms with E-state index in [0.29, 0.717) is 0 Å². The second-order valence-electron chi connectivity index (χ2n) is 4.83. The molecule has 0 aliphatic rings. The van der Waals surface area contributed by atoms with Crippen LogP contribution in [0.2, 0.25) is 0 Å². The average Bonchev–Trinajstić information content (AvgIpc) is 2.29. The minimum absolute atomic E-state index is 1.16. The van der Waals surface area contributed by atoms with Crippen molar-refractivity contribution >= 4 is 0 Å². The van der Waals surface area contributed by atoms with Crippen molar-refractivity contribution in [3.05, 3.63) is 24.3 Å². The number of unbranched alkanes of at least 4 members (excludes halogenated alkanes) is 6. The van der Waals surface area contributed by atoms with E-state index < -0.39 is 0 Å². The van der Waals surface area contributed by atoms with Crippen molar-refractivity contribution in [2.24, 2.45) is 0 Å². The molecule has 0 amide bonds. The highest BCUT2D eigenvalue weighted by Crippen LogP contribution is 2.20. The molecule has 0 fully saturated rings. The molecule has 0 nitrogen and oxygen atoms in total. The fourth-order valence-corrected chi connectivity index (χ4v) is 1.88. The van der Waals surface area contributed by atoms with Gasteiger partial charge in [0.2, 0.25) is 0 Å². The summed E-state index contributed by atoms with van der Waals surface area (Å²) in [5.74, 6) is 0. The Morgan fingerprint density at radius 3 is 1.31 bits per heavy atom. The molecule has 16 heavy (non-hydrogen) atoms. The third-order valence-corrected chi connectivity index (χ3v) is 3.16. The van der Waals surface area contributed by atoms with Crippen LogP contribution in [-0.2, 0) is 0 Å². The maximum Gasteiger partial charge on any atom is -0.0282 e. The first kappa shape index (κ1) is 15.5. The molecule has 0 aromatic heterocycles. The second kappa shape index (κ2) is 11.0. The summed E-state index contributed by atoms with van der Waals surface area (Å²) in [6.07, 6.45) is 12.9. The lowest BCUT2D eigenvalue weighted by molar-refractivity contribution is 0.649. The number of hydrogen-bond acceptors (Lipinski definition) is 0. The van der Waals surface area contributed by atoms with E-state index in [1.54, 1.807) is 0 Å². The van der Waals surface area contributed by atoms with Crippen molar-refractivity contribution in [3.8, 4) is 0 Å². The number of rotatable bonds is 11. The standard InChI is InChI=1S/C16H30/c1-5-7-9-11-13-15(3)16(4)14-12-10-8-6-2/h3-14H2,1-2H3. The summed E-state index contributed by atoms with van der Waals surface area (Å²) >= 11 is 0. The van der Waals surface area contributed by atoms with E-state index in [1.165, 1.54) is 62.5 Å². The van der Waals surface area contributed by atoms with E-state index in [1.807, 2.05) is 0 Å². The van der Waals surface area contributed by atoms with Crippen molar-refractivity contribution < 1.29 is 0 Å². The summed E-state index contributed by atoms with van der Waals surface area (Å²) in [4.78, 5) is 0. The highest BCUT2D eigenvalue weighted by molar-refractivity contribution is 5.24. The Hall–Kier alpha value is -0.520. The van der Waals surface area contributed by atoms with Crippen LogP contribution in [-0.4, -0.2) is 0 Å². The van der Waals surface area contributed by atoms with Crippen molar-refractivity contribution in [1.82, 2.24) is 0 Å². The highest BCUT2D eigenvalue weighted by atomic mass is 14.1. The molecular weight excluding hydrogens is 192 g/mol. The molecule has 0 rings (SSSR count). The van der Waals surface area contributed by atoms with Gasteiger partial charge in [0.25, 0.3) is 0 Å². The van der Waals surface area contributed by atoms with Gasteiger partial charge in [0.05, 0.1) is 0 Å². The van der Waals surface area contributed by atoms with Crippen molar-refractivity contribution in [2.75, 3.05) is 0 Å². The molecular formula is C16H30. The molecule has 0 aromatic carbocycles. The maximum absolute atomic E-state index is 4.15. The van der Waals surface area contributed by atoms with Crippen LogP contribution in [0.1, 0.15) is 78.1 Å². The third kappa shape index (κ3) is 8.76. The van der Waals surface area contributed by atoms with E-state index in [4.69, 9.17) is 0 Å². The van der Waals surface area contributed by atoms with Gasteiger partial charge < -0.3 is 0 Å². The van der Waals surface area contributed by atoms with Crippen molar-refractivity contribution in [1.29, 1.82) is 0 Å². The quantitative estimate of drug-likeness (QED) is 0.295. The van der Waals surface area contributed by atoms with Gasteiger partial charge in [-0.3, -0.25) is 0 Å². The molecule has 0 N–H and O–H groups in total. The molecule has 0 heteroatoms. The van der Waals surface area contributed by atoms with Crippen LogP contribution in [0.25, 0.3) is 0 Å². The van der Waals surface area contributed by atoms with Gasteiger partial charge in [0, 0.05) is 0 Å². The summed E-state index contributed by atoms with van der Waals surface area (Å²) < 4.78 is 0. The SMILES string of the molecule is C=C(CCCCCC)C(=C)CCCCCC. The number of hydrogen-bond donors (Lipinski definition) is 0. The third-order valence-electron chi connectivity index (χ3n) is 3.16. The van der Waals surface area contributed by atoms with E-state index in [9.17, 15) is 0 Å². The van der Waals surface area contributed by atoms with Gasteiger partial charge >= 0.3 is 0 Å². The molecule has 0 radical (unpaired) electrons. The Kier molecular flexibility index (Phi) is 10.6. The highest BCUT2D eigenvalue weighted by Gasteiger charge is 2.00. The van der Waals surface area contributed by atoms with Gasteiger partial charge in [-0.15, -0.1) is 0 Å². The lowest BCUT2D eigenvalue weighted by Gasteiger charge is -2.09. The van der Waals surface area contributed by atoms with Crippen molar-refractivity contribution in [3.63, 3.8) is 0 Å². The fourth-order valence-electron chi connectivity index (χ4n) is 1.88. The van der Waals surface area contributed by atoms with Crippen LogP contribution in [0.15, 0.2) is 24.3 Å². The van der Waals surface area contributed by atoms with Crippen LogP contribution >= 0.6 is 0 Å². The Bertz CT molecular complexity index is 166. The molecule has 0 unspecified atom stereocenters. The molecule has 0 saturated carbocycles. The largest absolute Gasteiger partial charge is 0.0956 e. The smallest absolute Gasteiger partial charge is 0.0282 e.